The molecular formula is C25H19N3O5. The summed E-state index contributed by atoms with van der Waals surface area (Å²) in [7, 11) is 0. The number of carbonyl (C=O) groups is 2. The molecule has 1 aromatic heterocycles. The summed E-state index contributed by atoms with van der Waals surface area (Å²) in [6.07, 6.45) is 1.55. The van der Waals surface area contributed by atoms with Gasteiger partial charge in [0, 0.05) is 30.1 Å². The fourth-order valence-electron chi connectivity index (χ4n) is 3.67. The van der Waals surface area contributed by atoms with Crippen LogP contribution >= 0.6 is 0 Å². The zero-order valence-electron chi connectivity index (χ0n) is 17.9. The second kappa shape index (κ2) is 8.88. The van der Waals surface area contributed by atoms with Gasteiger partial charge in [-0.3, -0.25) is 14.9 Å². The molecule has 0 radical (unpaired) electrons. The number of carbonyl (C=O) groups excluding carboxylic acids is 2. The molecule has 4 rings (SSSR count). The highest BCUT2D eigenvalue weighted by Crippen LogP contribution is 2.30. The maximum absolute atomic E-state index is 13.7. The quantitative estimate of drug-likeness (QED) is 0.138. The van der Waals surface area contributed by atoms with Gasteiger partial charge < -0.3 is 9.40 Å². The molecule has 0 atom stereocenters. The number of oxime groups is 1. The van der Waals surface area contributed by atoms with Gasteiger partial charge in [-0.25, -0.2) is 4.79 Å². The normalized spacial score (nSPS) is 11.4. The minimum absolute atomic E-state index is 0.0336. The molecule has 8 nitrogen and oxygen atoms in total. The Bertz CT molecular complexity index is 1440. The number of ketones is 1. The van der Waals surface area contributed by atoms with Crippen molar-refractivity contribution >= 4 is 34.1 Å². The summed E-state index contributed by atoms with van der Waals surface area (Å²) < 4.78 is 1.61. The molecule has 0 spiro atoms. The number of nitrogens with zero attached hydrogens (tertiary/aromatic N) is 3. The molecule has 33 heavy (non-hydrogen) atoms. The van der Waals surface area contributed by atoms with E-state index in [0.717, 1.165) is 5.56 Å². The Labute approximate surface area is 188 Å². The van der Waals surface area contributed by atoms with Gasteiger partial charge in [0.1, 0.15) is 5.69 Å². The summed E-state index contributed by atoms with van der Waals surface area (Å²) in [6.45, 7) is 3.02. The Balaban J connectivity index is 1.94. The molecule has 0 unspecified atom stereocenters. The van der Waals surface area contributed by atoms with E-state index in [4.69, 9.17) is 4.84 Å². The lowest BCUT2D eigenvalue weighted by molar-refractivity contribution is -0.384. The monoisotopic (exact) mass is 441 g/mol. The van der Waals surface area contributed by atoms with Gasteiger partial charge in [-0.2, -0.15) is 0 Å². The molecule has 0 saturated carbocycles. The van der Waals surface area contributed by atoms with E-state index < -0.39 is 16.7 Å². The van der Waals surface area contributed by atoms with Crippen LogP contribution in [0.3, 0.4) is 0 Å². The minimum atomic E-state index is -0.656. The van der Waals surface area contributed by atoms with Gasteiger partial charge in [0.2, 0.25) is 5.78 Å². The van der Waals surface area contributed by atoms with Gasteiger partial charge >= 0.3 is 5.97 Å². The van der Waals surface area contributed by atoms with E-state index in [0.29, 0.717) is 22.2 Å². The average molecular weight is 441 g/mol. The summed E-state index contributed by atoms with van der Waals surface area (Å²) in [4.78, 5) is 41.1. The Kier molecular flexibility index (Phi) is 5.82. The summed E-state index contributed by atoms with van der Waals surface area (Å²) >= 11 is 0. The topological polar surface area (TPSA) is 104 Å². The summed E-state index contributed by atoms with van der Waals surface area (Å²) in [5.41, 5.74) is 2.39. The van der Waals surface area contributed by atoms with E-state index in [1.165, 1.54) is 13.0 Å². The molecule has 164 valence electrons. The molecule has 0 N–H and O–H groups in total. The van der Waals surface area contributed by atoms with Crippen molar-refractivity contribution in [1.29, 1.82) is 0 Å². The predicted octanol–water partition coefficient (Wildman–Crippen LogP) is 5.00. The standard InChI is InChI=1S/C25H19N3O5/c1-16-9-3-4-10-18(16)24(26-33-17(2)29)25(30)20-15-27(21-12-6-5-11-19(20)21)22-13-7-8-14-23(22)28(31)32/h3-15H,1-2H3/b26-24+. The highest BCUT2D eigenvalue weighted by atomic mass is 16.7. The van der Waals surface area contributed by atoms with E-state index in [9.17, 15) is 19.7 Å². The lowest BCUT2D eigenvalue weighted by Gasteiger charge is -2.08. The third-order valence-corrected chi connectivity index (χ3v) is 5.18. The number of hydrogen-bond acceptors (Lipinski definition) is 6. The zero-order valence-corrected chi connectivity index (χ0v) is 17.9. The van der Waals surface area contributed by atoms with Crippen molar-refractivity contribution in [2.75, 3.05) is 0 Å². The van der Waals surface area contributed by atoms with Crippen molar-refractivity contribution < 1.29 is 19.3 Å². The van der Waals surface area contributed by atoms with Crippen molar-refractivity contribution in [2.24, 2.45) is 5.16 Å². The maximum atomic E-state index is 13.7. The highest BCUT2D eigenvalue weighted by Gasteiger charge is 2.25. The number of rotatable bonds is 6. The lowest BCUT2D eigenvalue weighted by Crippen LogP contribution is -2.18. The molecule has 0 saturated heterocycles. The minimum Gasteiger partial charge on any atom is -0.318 e. The second-order valence-electron chi connectivity index (χ2n) is 7.34. The Morgan fingerprint density at radius 1 is 0.939 bits per heavy atom. The number of nitro benzene ring substituents is 1. The maximum Gasteiger partial charge on any atom is 0.332 e. The van der Waals surface area contributed by atoms with Crippen LogP contribution in [-0.4, -0.2) is 27.0 Å². The SMILES string of the molecule is CC(=O)O/N=C(/C(=O)c1cn(-c2ccccc2[N+](=O)[O-])c2ccccc12)c1ccccc1C. The lowest BCUT2D eigenvalue weighted by atomic mass is 9.97. The Morgan fingerprint density at radius 2 is 1.61 bits per heavy atom. The van der Waals surface area contributed by atoms with Crippen LogP contribution in [-0.2, 0) is 9.63 Å². The number of hydrogen-bond donors (Lipinski definition) is 0. The summed E-state index contributed by atoms with van der Waals surface area (Å²) in [5.74, 6) is -1.13. The predicted molar refractivity (Wildman–Crippen MR) is 124 cm³/mol. The first-order valence-electron chi connectivity index (χ1n) is 10.1. The first kappa shape index (κ1) is 21.6. The Morgan fingerprint density at radius 3 is 2.33 bits per heavy atom. The van der Waals surface area contributed by atoms with Crippen molar-refractivity contribution in [2.45, 2.75) is 13.8 Å². The van der Waals surface area contributed by atoms with E-state index in [-0.39, 0.29) is 17.0 Å². The van der Waals surface area contributed by atoms with Gasteiger partial charge in [-0.05, 0) is 24.6 Å². The molecule has 0 amide bonds. The third kappa shape index (κ3) is 4.14. The number of nitro groups is 1. The average Bonchev–Trinajstić information content (AvgIpc) is 3.19. The number of fused-ring (bicyclic) bond motifs is 1. The number of aryl methyl sites for hydroxylation is 1. The van der Waals surface area contributed by atoms with Gasteiger partial charge in [-0.1, -0.05) is 59.8 Å². The smallest absolute Gasteiger partial charge is 0.318 e. The first-order chi connectivity index (χ1) is 15.9. The van der Waals surface area contributed by atoms with E-state index in [1.54, 1.807) is 65.4 Å². The highest BCUT2D eigenvalue weighted by molar-refractivity contribution is 6.53. The molecule has 0 bridgehead atoms. The first-order valence-corrected chi connectivity index (χ1v) is 10.1. The fraction of sp³-hybridized carbons (Fsp3) is 0.0800. The van der Waals surface area contributed by atoms with Crippen LogP contribution in [0.25, 0.3) is 16.6 Å². The molecule has 0 aliphatic rings. The zero-order chi connectivity index (χ0) is 23.5. The van der Waals surface area contributed by atoms with Crippen LogP contribution < -0.4 is 0 Å². The van der Waals surface area contributed by atoms with Crippen molar-refractivity contribution in [3.8, 4) is 5.69 Å². The fourth-order valence-corrected chi connectivity index (χ4v) is 3.67. The largest absolute Gasteiger partial charge is 0.332 e. The number of benzene rings is 3. The molecule has 0 fully saturated rings. The molecule has 1 heterocycles. The van der Waals surface area contributed by atoms with Crippen LogP contribution in [0, 0.1) is 17.0 Å². The number of Topliss-reactive ketones (excluding diaryl/α,β-unsaturated/α-hetero) is 1. The van der Waals surface area contributed by atoms with Crippen molar-refractivity contribution in [3.05, 3.63) is 106 Å². The van der Waals surface area contributed by atoms with Gasteiger partial charge in [0.15, 0.2) is 5.71 Å². The number of para-hydroxylation sites is 3. The summed E-state index contributed by atoms with van der Waals surface area (Å²) in [6, 6.07) is 20.5. The summed E-state index contributed by atoms with van der Waals surface area (Å²) in [5, 5.41) is 16.1. The molecule has 4 aromatic rings. The Hall–Kier alpha value is -4.59. The van der Waals surface area contributed by atoms with Crippen molar-refractivity contribution in [1.82, 2.24) is 4.57 Å². The van der Waals surface area contributed by atoms with Crippen molar-refractivity contribution in [3.63, 3.8) is 0 Å². The van der Waals surface area contributed by atoms with Crippen LogP contribution in [0.2, 0.25) is 0 Å². The van der Waals surface area contributed by atoms with Gasteiger partial charge in [-0.15, -0.1) is 0 Å². The van der Waals surface area contributed by atoms with Crippen LogP contribution in [0.15, 0.2) is 84.1 Å². The van der Waals surface area contributed by atoms with Gasteiger partial charge in [0.05, 0.1) is 16.0 Å². The number of aromatic nitrogens is 1. The van der Waals surface area contributed by atoms with E-state index >= 15 is 0 Å². The molecule has 3 aromatic carbocycles. The molecular weight excluding hydrogens is 422 g/mol. The second-order valence-corrected chi connectivity index (χ2v) is 7.34. The van der Waals surface area contributed by atoms with Crippen LogP contribution in [0.4, 0.5) is 5.69 Å². The third-order valence-electron chi connectivity index (χ3n) is 5.18. The van der Waals surface area contributed by atoms with Crippen LogP contribution in [0.5, 0.6) is 0 Å². The molecule has 0 aliphatic carbocycles. The van der Waals surface area contributed by atoms with E-state index in [2.05, 4.69) is 5.16 Å². The van der Waals surface area contributed by atoms with Crippen LogP contribution in [0.1, 0.15) is 28.4 Å². The van der Waals surface area contributed by atoms with E-state index in [1.807, 2.05) is 19.1 Å². The molecule has 8 heteroatoms. The molecule has 0 aliphatic heterocycles. The van der Waals surface area contributed by atoms with Gasteiger partial charge in [0.25, 0.3) is 5.69 Å².